The summed E-state index contributed by atoms with van der Waals surface area (Å²) in [6, 6.07) is 5.26. The van der Waals surface area contributed by atoms with Crippen molar-refractivity contribution in [2.75, 3.05) is 32.2 Å². The topological polar surface area (TPSA) is 93.9 Å². The van der Waals surface area contributed by atoms with E-state index in [2.05, 4.69) is 5.32 Å². The lowest BCUT2D eigenvalue weighted by Gasteiger charge is -2.34. The van der Waals surface area contributed by atoms with E-state index >= 15 is 0 Å². The van der Waals surface area contributed by atoms with Crippen LogP contribution in [0, 0.1) is 11.8 Å². The fourth-order valence-electron chi connectivity index (χ4n) is 2.94. The molecule has 1 aromatic rings. The molecule has 2 atom stereocenters. The first-order valence-corrected chi connectivity index (χ1v) is 8.80. The molecule has 0 aromatic heterocycles. The van der Waals surface area contributed by atoms with E-state index in [0.717, 1.165) is 0 Å². The summed E-state index contributed by atoms with van der Waals surface area (Å²) in [6.45, 7) is 6.61. The Hall–Kier alpha value is -2.28. The van der Waals surface area contributed by atoms with Gasteiger partial charge in [0.25, 0.3) is 0 Å². The second kappa shape index (κ2) is 7.95. The number of nitrogens with two attached hydrogens (primary N) is 1. The Kier molecular flexibility index (Phi) is 6.13. The number of nitrogens with one attached hydrogen (secondary N) is 1. The molecule has 1 aliphatic heterocycles. The molecule has 1 aromatic carbocycles. The summed E-state index contributed by atoms with van der Waals surface area (Å²) in [6.07, 6.45) is 0.166. The third-order valence-electron chi connectivity index (χ3n) is 5.28. The van der Waals surface area contributed by atoms with Gasteiger partial charge < -0.3 is 25.4 Å². The minimum absolute atomic E-state index is 0.104. The molecular formula is C19H29N3O4. The number of hydrogen-bond acceptors (Lipinski definition) is 5. The predicted octanol–water partition coefficient (Wildman–Crippen LogP) is 1.55. The monoisotopic (exact) mass is 363 g/mol. The number of nitrogens with zero attached hydrogens (tertiary/aromatic N) is 1. The molecule has 144 valence electrons. The summed E-state index contributed by atoms with van der Waals surface area (Å²) in [5, 5.41) is 3.03. The highest BCUT2D eigenvalue weighted by atomic mass is 16.5. The molecule has 0 spiro atoms. The van der Waals surface area contributed by atoms with Gasteiger partial charge >= 0.3 is 0 Å². The molecule has 3 N–H and O–H groups in total. The van der Waals surface area contributed by atoms with Gasteiger partial charge in [-0.2, -0.15) is 0 Å². The largest absolute Gasteiger partial charge is 0.497 e. The van der Waals surface area contributed by atoms with Gasteiger partial charge in [0.1, 0.15) is 11.5 Å². The van der Waals surface area contributed by atoms with Crippen molar-refractivity contribution >= 4 is 17.5 Å². The fourth-order valence-corrected chi connectivity index (χ4v) is 2.94. The highest BCUT2D eigenvalue weighted by Crippen LogP contribution is 2.36. The maximum Gasteiger partial charge on any atom is 0.227 e. The lowest BCUT2D eigenvalue weighted by molar-refractivity contribution is -0.128. The molecule has 0 aliphatic carbocycles. The number of carbonyl (C=O) groups excluding carboxylic acids is 2. The lowest BCUT2D eigenvalue weighted by Crippen LogP contribution is -2.56. The van der Waals surface area contributed by atoms with Crippen LogP contribution in [0.1, 0.15) is 27.2 Å². The standard InChI is InChI=1S/C19H29N3O4/c1-12(2)19(3,11-20)21-18(24)13-8-17(23)22(10-13)15-7-6-14(25-4)9-16(15)26-5/h6-7,9,12-13H,8,10-11,20H2,1-5H3,(H,21,24). The maximum absolute atomic E-state index is 12.7. The Morgan fingerprint density at radius 3 is 2.62 bits per heavy atom. The van der Waals surface area contributed by atoms with E-state index in [1.54, 1.807) is 37.3 Å². The molecule has 1 fully saturated rings. The molecule has 0 radical (unpaired) electrons. The van der Waals surface area contributed by atoms with Crippen LogP contribution in [0.5, 0.6) is 11.5 Å². The van der Waals surface area contributed by atoms with E-state index < -0.39 is 11.5 Å². The number of rotatable bonds is 7. The highest BCUT2D eigenvalue weighted by Gasteiger charge is 2.39. The van der Waals surface area contributed by atoms with Crippen molar-refractivity contribution in [2.24, 2.45) is 17.6 Å². The summed E-state index contributed by atoms with van der Waals surface area (Å²) in [5.74, 6) is 0.697. The lowest BCUT2D eigenvalue weighted by atomic mass is 9.87. The second-order valence-electron chi connectivity index (χ2n) is 7.21. The van der Waals surface area contributed by atoms with Gasteiger partial charge in [-0.05, 0) is 25.0 Å². The zero-order valence-corrected chi connectivity index (χ0v) is 16.2. The second-order valence-corrected chi connectivity index (χ2v) is 7.21. The van der Waals surface area contributed by atoms with Gasteiger partial charge in [-0.15, -0.1) is 0 Å². The Morgan fingerprint density at radius 2 is 2.08 bits per heavy atom. The average molecular weight is 363 g/mol. The van der Waals surface area contributed by atoms with Crippen LogP contribution in [0.2, 0.25) is 0 Å². The smallest absolute Gasteiger partial charge is 0.227 e. The molecule has 26 heavy (non-hydrogen) atoms. The third-order valence-corrected chi connectivity index (χ3v) is 5.28. The van der Waals surface area contributed by atoms with E-state index in [1.165, 1.54) is 0 Å². The maximum atomic E-state index is 12.7. The molecule has 1 saturated heterocycles. The van der Waals surface area contributed by atoms with Gasteiger partial charge in [-0.25, -0.2) is 0 Å². The van der Waals surface area contributed by atoms with Gasteiger partial charge in [-0.1, -0.05) is 13.8 Å². The van der Waals surface area contributed by atoms with E-state index in [-0.39, 0.29) is 24.2 Å². The van der Waals surface area contributed by atoms with Crippen LogP contribution >= 0.6 is 0 Å². The molecule has 2 unspecified atom stereocenters. The number of ether oxygens (including phenoxy) is 2. The molecule has 2 rings (SSSR count). The summed E-state index contributed by atoms with van der Waals surface area (Å²) in [5.41, 5.74) is 5.99. The van der Waals surface area contributed by atoms with Crippen LogP contribution in [0.25, 0.3) is 0 Å². The normalized spacial score (nSPS) is 19.4. The first kappa shape index (κ1) is 20.0. The number of hydrogen-bond donors (Lipinski definition) is 2. The van der Waals surface area contributed by atoms with E-state index in [1.807, 2.05) is 20.8 Å². The van der Waals surface area contributed by atoms with Crippen molar-refractivity contribution in [1.29, 1.82) is 0 Å². The fraction of sp³-hybridized carbons (Fsp3) is 0.579. The molecule has 1 aliphatic rings. The molecular weight excluding hydrogens is 334 g/mol. The number of benzene rings is 1. The van der Waals surface area contributed by atoms with Gasteiger partial charge in [-0.3, -0.25) is 9.59 Å². The average Bonchev–Trinajstić information content (AvgIpc) is 3.02. The van der Waals surface area contributed by atoms with Crippen LogP contribution in [-0.2, 0) is 9.59 Å². The van der Waals surface area contributed by atoms with E-state index in [0.29, 0.717) is 30.3 Å². The molecule has 7 heteroatoms. The van der Waals surface area contributed by atoms with E-state index in [4.69, 9.17) is 15.2 Å². The summed E-state index contributed by atoms with van der Waals surface area (Å²) in [7, 11) is 3.11. The van der Waals surface area contributed by atoms with Crippen LogP contribution in [0.3, 0.4) is 0 Å². The highest BCUT2D eigenvalue weighted by molar-refractivity contribution is 6.01. The number of amides is 2. The van der Waals surface area contributed by atoms with Gasteiger partial charge in [0.2, 0.25) is 11.8 Å². The van der Waals surface area contributed by atoms with Crippen molar-refractivity contribution in [3.63, 3.8) is 0 Å². The number of methoxy groups -OCH3 is 2. The first-order valence-electron chi connectivity index (χ1n) is 8.80. The SMILES string of the molecule is COc1ccc(N2CC(C(=O)NC(C)(CN)C(C)C)CC2=O)c(OC)c1. The van der Waals surface area contributed by atoms with Crippen LogP contribution in [0.4, 0.5) is 5.69 Å². The predicted molar refractivity (Wildman–Crippen MR) is 100 cm³/mol. The molecule has 0 saturated carbocycles. The van der Waals surface area contributed by atoms with Crippen LogP contribution in [-0.4, -0.2) is 44.7 Å². The van der Waals surface area contributed by atoms with Crippen molar-refractivity contribution in [3.05, 3.63) is 18.2 Å². The van der Waals surface area contributed by atoms with Gasteiger partial charge in [0, 0.05) is 25.6 Å². The summed E-state index contributed by atoms with van der Waals surface area (Å²) in [4.78, 5) is 26.8. The van der Waals surface area contributed by atoms with E-state index in [9.17, 15) is 9.59 Å². The van der Waals surface area contributed by atoms with Gasteiger partial charge in [0.15, 0.2) is 0 Å². The molecule has 1 heterocycles. The number of anilines is 1. The first-order chi connectivity index (χ1) is 12.3. The Morgan fingerprint density at radius 1 is 1.38 bits per heavy atom. The minimum Gasteiger partial charge on any atom is -0.497 e. The third kappa shape index (κ3) is 3.93. The zero-order valence-electron chi connectivity index (χ0n) is 16.2. The van der Waals surface area contributed by atoms with Gasteiger partial charge in [0.05, 0.1) is 31.4 Å². The van der Waals surface area contributed by atoms with Crippen LogP contribution in [0.15, 0.2) is 18.2 Å². The van der Waals surface area contributed by atoms with Crippen molar-refractivity contribution in [1.82, 2.24) is 5.32 Å². The molecule has 2 amide bonds. The Labute approximate surface area is 154 Å². The minimum atomic E-state index is -0.495. The Balaban J connectivity index is 2.17. The molecule has 0 bridgehead atoms. The summed E-state index contributed by atoms with van der Waals surface area (Å²) < 4.78 is 10.6. The van der Waals surface area contributed by atoms with Crippen molar-refractivity contribution < 1.29 is 19.1 Å². The Bertz CT molecular complexity index is 677. The van der Waals surface area contributed by atoms with Crippen molar-refractivity contribution in [2.45, 2.75) is 32.7 Å². The summed E-state index contributed by atoms with van der Waals surface area (Å²) >= 11 is 0. The number of carbonyl (C=O) groups is 2. The van der Waals surface area contributed by atoms with Crippen LogP contribution < -0.4 is 25.4 Å². The quantitative estimate of drug-likeness (QED) is 0.766. The molecule has 7 nitrogen and oxygen atoms in total. The zero-order chi connectivity index (χ0) is 19.5. The van der Waals surface area contributed by atoms with Crippen molar-refractivity contribution in [3.8, 4) is 11.5 Å².